The minimum Gasteiger partial charge on any atom is -0.329 e. The molecule has 1 heterocycles. The van der Waals surface area contributed by atoms with E-state index in [0.717, 1.165) is 16.5 Å². The summed E-state index contributed by atoms with van der Waals surface area (Å²) in [5.41, 5.74) is 7.00. The van der Waals surface area contributed by atoms with Crippen molar-refractivity contribution in [2.75, 3.05) is 19.6 Å². The number of pyridine rings is 1. The maximum atomic E-state index is 12.6. The maximum Gasteiger partial charge on any atom is 0.401 e. The molecule has 6 heteroatoms. The Labute approximate surface area is 115 Å². The van der Waals surface area contributed by atoms with Crippen molar-refractivity contribution < 1.29 is 13.2 Å². The molecule has 0 aliphatic carbocycles. The number of benzene rings is 1. The van der Waals surface area contributed by atoms with E-state index >= 15 is 0 Å². The molecule has 20 heavy (non-hydrogen) atoms. The van der Waals surface area contributed by atoms with Gasteiger partial charge in [-0.05, 0) is 17.7 Å². The number of nitrogens with zero attached hydrogens (tertiary/aromatic N) is 2. The van der Waals surface area contributed by atoms with E-state index in [-0.39, 0.29) is 19.6 Å². The van der Waals surface area contributed by atoms with Crippen molar-refractivity contribution in [2.24, 2.45) is 5.73 Å². The lowest BCUT2D eigenvalue weighted by molar-refractivity contribution is -0.146. The summed E-state index contributed by atoms with van der Waals surface area (Å²) in [7, 11) is 0. The fourth-order valence-corrected chi connectivity index (χ4v) is 2.18. The van der Waals surface area contributed by atoms with Gasteiger partial charge in [0.25, 0.3) is 0 Å². The first kappa shape index (κ1) is 14.7. The molecule has 0 spiro atoms. The van der Waals surface area contributed by atoms with Crippen LogP contribution < -0.4 is 5.73 Å². The Morgan fingerprint density at radius 3 is 2.60 bits per heavy atom. The summed E-state index contributed by atoms with van der Waals surface area (Å²) >= 11 is 0. The molecule has 0 fully saturated rings. The first-order valence-corrected chi connectivity index (χ1v) is 6.31. The molecule has 0 aliphatic heterocycles. The van der Waals surface area contributed by atoms with Crippen LogP contribution in [-0.4, -0.2) is 35.7 Å². The number of para-hydroxylation sites is 1. The lowest BCUT2D eigenvalue weighted by Crippen LogP contribution is -2.37. The summed E-state index contributed by atoms with van der Waals surface area (Å²) in [6, 6.07) is 9.17. The van der Waals surface area contributed by atoms with Gasteiger partial charge < -0.3 is 5.73 Å². The van der Waals surface area contributed by atoms with Crippen molar-refractivity contribution in [2.45, 2.75) is 12.7 Å². The standard InChI is InChI=1S/C14H16F3N3/c15-14(16,17)10-20(8-6-18)9-11-5-7-19-13-4-2-1-3-12(11)13/h1-5,7H,6,8-10,18H2. The van der Waals surface area contributed by atoms with Crippen LogP contribution in [0.3, 0.4) is 0 Å². The second kappa shape index (κ2) is 6.19. The fourth-order valence-electron chi connectivity index (χ4n) is 2.18. The second-order valence-corrected chi connectivity index (χ2v) is 4.60. The highest BCUT2D eigenvalue weighted by Crippen LogP contribution is 2.21. The number of fused-ring (bicyclic) bond motifs is 1. The summed E-state index contributed by atoms with van der Waals surface area (Å²) in [5, 5.41) is 0.874. The van der Waals surface area contributed by atoms with E-state index in [1.165, 1.54) is 4.90 Å². The van der Waals surface area contributed by atoms with Crippen LogP contribution in [-0.2, 0) is 6.54 Å². The molecule has 2 aromatic rings. The molecule has 1 aromatic heterocycles. The Bertz CT molecular complexity index is 564. The quantitative estimate of drug-likeness (QED) is 0.917. The van der Waals surface area contributed by atoms with Crippen LogP contribution in [0.2, 0.25) is 0 Å². The van der Waals surface area contributed by atoms with Gasteiger partial charge in [0, 0.05) is 31.2 Å². The molecule has 0 aliphatic rings. The lowest BCUT2D eigenvalue weighted by atomic mass is 10.1. The van der Waals surface area contributed by atoms with E-state index in [0.29, 0.717) is 0 Å². The maximum absolute atomic E-state index is 12.6. The van der Waals surface area contributed by atoms with Crippen molar-refractivity contribution >= 4 is 10.9 Å². The van der Waals surface area contributed by atoms with Gasteiger partial charge in [-0.25, -0.2) is 0 Å². The Kier molecular flexibility index (Phi) is 4.57. The number of hydrogen-bond acceptors (Lipinski definition) is 3. The Morgan fingerprint density at radius 2 is 1.90 bits per heavy atom. The number of halogens is 3. The molecular weight excluding hydrogens is 267 g/mol. The van der Waals surface area contributed by atoms with Crippen molar-refractivity contribution in [1.29, 1.82) is 0 Å². The number of rotatable bonds is 5. The number of aromatic nitrogens is 1. The Balaban J connectivity index is 2.24. The van der Waals surface area contributed by atoms with Gasteiger partial charge in [0.2, 0.25) is 0 Å². The monoisotopic (exact) mass is 283 g/mol. The molecule has 0 radical (unpaired) electrons. The molecule has 1 aromatic carbocycles. The van der Waals surface area contributed by atoms with Gasteiger partial charge in [-0.15, -0.1) is 0 Å². The summed E-state index contributed by atoms with van der Waals surface area (Å²) < 4.78 is 37.7. The van der Waals surface area contributed by atoms with Crippen molar-refractivity contribution in [1.82, 2.24) is 9.88 Å². The van der Waals surface area contributed by atoms with Gasteiger partial charge in [0.1, 0.15) is 0 Å². The molecule has 0 unspecified atom stereocenters. The highest BCUT2D eigenvalue weighted by molar-refractivity contribution is 5.81. The minimum atomic E-state index is -4.22. The molecule has 0 bridgehead atoms. The predicted octanol–water partition coefficient (Wildman–Crippen LogP) is 2.56. The van der Waals surface area contributed by atoms with Crippen LogP contribution in [0.1, 0.15) is 5.56 Å². The van der Waals surface area contributed by atoms with Crippen molar-refractivity contribution in [3.63, 3.8) is 0 Å². The third kappa shape index (κ3) is 3.91. The van der Waals surface area contributed by atoms with Crippen LogP contribution in [0.15, 0.2) is 36.5 Å². The molecule has 0 saturated heterocycles. The SMILES string of the molecule is NCCN(Cc1ccnc2ccccc12)CC(F)(F)F. The Hall–Kier alpha value is -1.66. The molecule has 3 nitrogen and oxygen atoms in total. The van der Waals surface area contributed by atoms with E-state index in [2.05, 4.69) is 4.98 Å². The first-order valence-electron chi connectivity index (χ1n) is 6.31. The zero-order chi connectivity index (χ0) is 14.6. The van der Waals surface area contributed by atoms with Gasteiger partial charge >= 0.3 is 6.18 Å². The van der Waals surface area contributed by atoms with Crippen LogP contribution in [0.5, 0.6) is 0 Å². The number of nitrogens with two attached hydrogens (primary N) is 1. The minimum absolute atomic E-state index is 0.194. The summed E-state index contributed by atoms with van der Waals surface area (Å²) in [5.74, 6) is 0. The topological polar surface area (TPSA) is 42.1 Å². The normalized spacial score (nSPS) is 12.2. The smallest absolute Gasteiger partial charge is 0.329 e. The summed E-state index contributed by atoms with van der Waals surface area (Å²) in [6.07, 6.45) is -2.61. The Morgan fingerprint density at radius 1 is 1.15 bits per heavy atom. The predicted molar refractivity (Wildman–Crippen MR) is 72.1 cm³/mol. The molecule has 2 N–H and O–H groups in total. The third-order valence-corrected chi connectivity index (χ3v) is 2.98. The average molecular weight is 283 g/mol. The van der Waals surface area contributed by atoms with E-state index in [1.807, 2.05) is 24.3 Å². The highest BCUT2D eigenvalue weighted by atomic mass is 19.4. The van der Waals surface area contributed by atoms with Gasteiger partial charge in [-0.1, -0.05) is 18.2 Å². The highest BCUT2D eigenvalue weighted by Gasteiger charge is 2.30. The van der Waals surface area contributed by atoms with Gasteiger partial charge in [0.15, 0.2) is 0 Å². The molecule has 2 rings (SSSR count). The van der Waals surface area contributed by atoms with Crippen molar-refractivity contribution in [3.05, 3.63) is 42.1 Å². The number of hydrogen-bond donors (Lipinski definition) is 1. The van der Waals surface area contributed by atoms with Crippen LogP contribution in [0.25, 0.3) is 10.9 Å². The fraction of sp³-hybridized carbons (Fsp3) is 0.357. The summed E-state index contributed by atoms with van der Waals surface area (Å²) in [4.78, 5) is 5.51. The average Bonchev–Trinajstić information content (AvgIpc) is 2.37. The van der Waals surface area contributed by atoms with Crippen molar-refractivity contribution in [3.8, 4) is 0 Å². The van der Waals surface area contributed by atoms with E-state index in [4.69, 9.17) is 5.73 Å². The third-order valence-electron chi connectivity index (χ3n) is 2.98. The van der Waals surface area contributed by atoms with Crippen LogP contribution in [0.4, 0.5) is 13.2 Å². The van der Waals surface area contributed by atoms with Crippen LogP contribution >= 0.6 is 0 Å². The van der Waals surface area contributed by atoms with Gasteiger partial charge in [0.05, 0.1) is 12.1 Å². The zero-order valence-electron chi connectivity index (χ0n) is 10.9. The van der Waals surface area contributed by atoms with Gasteiger partial charge in [-0.3, -0.25) is 9.88 Å². The number of alkyl halides is 3. The first-order chi connectivity index (χ1) is 9.49. The largest absolute Gasteiger partial charge is 0.401 e. The molecule has 0 saturated carbocycles. The van der Waals surface area contributed by atoms with E-state index in [9.17, 15) is 13.2 Å². The molecule has 108 valence electrons. The van der Waals surface area contributed by atoms with Gasteiger partial charge in [-0.2, -0.15) is 13.2 Å². The van der Waals surface area contributed by atoms with E-state index < -0.39 is 12.7 Å². The van der Waals surface area contributed by atoms with Crippen LogP contribution in [0, 0.1) is 0 Å². The second-order valence-electron chi connectivity index (χ2n) is 4.60. The molecule has 0 amide bonds. The lowest BCUT2D eigenvalue weighted by Gasteiger charge is -2.23. The summed E-state index contributed by atoms with van der Waals surface area (Å²) in [6.45, 7) is -0.351. The molecule has 0 atom stereocenters. The van der Waals surface area contributed by atoms with E-state index in [1.54, 1.807) is 12.3 Å². The molecular formula is C14H16F3N3. The zero-order valence-corrected chi connectivity index (χ0v) is 10.9.